The van der Waals surface area contributed by atoms with E-state index in [1.807, 2.05) is 0 Å². The molecule has 0 bridgehead atoms. The van der Waals surface area contributed by atoms with Crippen LogP contribution in [0, 0.1) is 5.95 Å². The lowest BCUT2D eigenvalue weighted by atomic mass is 9.97. The summed E-state index contributed by atoms with van der Waals surface area (Å²) in [5, 5.41) is 2.76. The van der Waals surface area contributed by atoms with Gasteiger partial charge in [0, 0.05) is 6.54 Å². The van der Waals surface area contributed by atoms with Crippen LogP contribution in [0.5, 0.6) is 0 Å². The third-order valence-corrected chi connectivity index (χ3v) is 3.06. The highest BCUT2D eigenvalue weighted by Crippen LogP contribution is 2.19. The molecule has 3 nitrogen and oxygen atoms in total. The van der Waals surface area contributed by atoms with Gasteiger partial charge in [-0.15, -0.1) is 0 Å². The molecule has 4 heteroatoms. The molecular weight excluding hydrogens is 231 g/mol. The smallest absolute Gasteiger partial charge is 0.270 e. The summed E-state index contributed by atoms with van der Waals surface area (Å²) in [5.41, 5.74) is 1.54. The van der Waals surface area contributed by atoms with Crippen molar-refractivity contribution < 1.29 is 9.18 Å². The topological polar surface area (TPSA) is 42.0 Å². The van der Waals surface area contributed by atoms with Crippen LogP contribution in [0.25, 0.3) is 0 Å². The van der Waals surface area contributed by atoms with Gasteiger partial charge in [0.25, 0.3) is 5.91 Å². The third-order valence-electron chi connectivity index (χ3n) is 3.06. The molecule has 0 unspecified atom stereocenters. The number of nitrogens with zero attached hydrogens (tertiary/aromatic N) is 1. The summed E-state index contributed by atoms with van der Waals surface area (Å²) in [4.78, 5) is 15.2. The number of rotatable bonds is 4. The molecule has 1 amide bonds. The predicted molar refractivity (Wildman–Crippen MR) is 67.7 cm³/mol. The Balaban J connectivity index is 1.79. The van der Waals surface area contributed by atoms with Gasteiger partial charge in [-0.2, -0.15) is 4.39 Å². The summed E-state index contributed by atoms with van der Waals surface area (Å²) in [5.74, 6) is -0.941. The van der Waals surface area contributed by atoms with Crippen LogP contribution in [0.15, 0.2) is 29.8 Å². The Labute approximate surface area is 106 Å². The monoisotopic (exact) mass is 248 g/mol. The van der Waals surface area contributed by atoms with E-state index in [0.29, 0.717) is 6.54 Å². The Hall–Kier alpha value is -1.71. The number of nitrogens with one attached hydrogen (secondary N) is 1. The highest BCUT2D eigenvalue weighted by Gasteiger charge is 2.08. The fraction of sp³-hybridized carbons (Fsp3) is 0.429. The Morgan fingerprint density at radius 1 is 1.39 bits per heavy atom. The van der Waals surface area contributed by atoms with Gasteiger partial charge in [0.2, 0.25) is 5.95 Å². The minimum Gasteiger partial charge on any atom is -0.350 e. The first-order valence-electron chi connectivity index (χ1n) is 6.34. The van der Waals surface area contributed by atoms with Gasteiger partial charge in [-0.1, -0.05) is 17.7 Å². The molecule has 0 fully saturated rings. The predicted octanol–water partition coefficient (Wildman–Crippen LogP) is 2.84. The number of carbonyl (C=O) groups is 1. The van der Waals surface area contributed by atoms with Crippen molar-refractivity contribution in [3.8, 4) is 0 Å². The van der Waals surface area contributed by atoms with Crippen LogP contribution in [0.4, 0.5) is 4.39 Å². The fourth-order valence-electron chi connectivity index (χ4n) is 2.09. The van der Waals surface area contributed by atoms with Crippen molar-refractivity contribution in [2.24, 2.45) is 0 Å². The molecule has 1 aromatic rings. The molecule has 1 aliphatic rings. The van der Waals surface area contributed by atoms with Gasteiger partial charge in [-0.25, -0.2) is 4.98 Å². The first-order chi connectivity index (χ1) is 8.75. The fourth-order valence-corrected chi connectivity index (χ4v) is 2.09. The molecule has 1 N–H and O–H groups in total. The number of allylic oxidation sites excluding steroid dienone is 1. The van der Waals surface area contributed by atoms with Crippen molar-refractivity contribution in [1.29, 1.82) is 0 Å². The van der Waals surface area contributed by atoms with E-state index in [0.717, 1.165) is 19.3 Å². The highest BCUT2D eigenvalue weighted by molar-refractivity contribution is 5.92. The van der Waals surface area contributed by atoms with Gasteiger partial charge < -0.3 is 5.32 Å². The van der Waals surface area contributed by atoms with E-state index < -0.39 is 5.95 Å². The van der Waals surface area contributed by atoms with Crippen LogP contribution >= 0.6 is 0 Å². The second kappa shape index (κ2) is 6.28. The maximum absolute atomic E-state index is 12.8. The second-order valence-corrected chi connectivity index (χ2v) is 4.46. The van der Waals surface area contributed by atoms with E-state index in [9.17, 15) is 9.18 Å². The normalized spacial score (nSPS) is 15.1. The molecule has 0 spiro atoms. The highest BCUT2D eigenvalue weighted by atomic mass is 19.1. The number of carbonyl (C=O) groups excluding carboxylic acids is 1. The van der Waals surface area contributed by atoms with Crippen molar-refractivity contribution in [3.05, 3.63) is 41.5 Å². The molecule has 96 valence electrons. The molecule has 0 radical (unpaired) electrons. The Morgan fingerprint density at radius 2 is 2.28 bits per heavy atom. The summed E-state index contributed by atoms with van der Waals surface area (Å²) in [6.07, 6.45) is 7.92. The summed E-state index contributed by atoms with van der Waals surface area (Å²) in [6, 6.07) is 4.23. The number of pyridine rings is 1. The molecular formula is C14H17FN2O. The van der Waals surface area contributed by atoms with E-state index in [4.69, 9.17) is 0 Å². The average Bonchev–Trinajstić information content (AvgIpc) is 2.40. The van der Waals surface area contributed by atoms with Crippen LogP contribution < -0.4 is 5.32 Å². The summed E-state index contributed by atoms with van der Waals surface area (Å²) < 4.78 is 12.8. The molecule has 18 heavy (non-hydrogen) atoms. The minimum atomic E-state index is -0.627. The van der Waals surface area contributed by atoms with Crippen LogP contribution in [-0.4, -0.2) is 17.4 Å². The average molecular weight is 248 g/mol. The second-order valence-electron chi connectivity index (χ2n) is 4.46. The molecule has 0 aliphatic heterocycles. The summed E-state index contributed by atoms with van der Waals surface area (Å²) in [6.45, 7) is 0.586. The zero-order valence-corrected chi connectivity index (χ0v) is 10.3. The van der Waals surface area contributed by atoms with Gasteiger partial charge >= 0.3 is 0 Å². The molecule has 0 atom stereocenters. The minimum absolute atomic E-state index is 0.132. The first-order valence-corrected chi connectivity index (χ1v) is 6.34. The number of amides is 1. The lowest BCUT2D eigenvalue weighted by Crippen LogP contribution is -2.26. The number of halogens is 1. The van der Waals surface area contributed by atoms with Gasteiger partial charge in [0.1, 0.15) is 5.69 Å². The van der Waals surface area contributed by atoms with E-state index in [1.54, 1.807) is 0 Å². The lowest BCUT2D eigenvalue weighted by Gasteiger charge is -2.12. The van der Waals surface area contributed by atoms with Crippen molar-refractivity contribution in [1.82, 2.24) is 10.3 Å². The van der Waals surface area contributed by atoms with E-state index in [2.05, 4.69) is 16.4 Å². The van der Waals surface area contributed by atoms with E-state index in [-0.39, 0.29) is 11.6 Å². The molecule has 0 saturated heterocycles. The molecule has 2 rings (SSSR count). The Bertz CT molecular complexity index is 457. The largest absolute Gasteiger partial charge is 0.350 e. The van der Waals surface area contributed by atoms with Gasteiger partial charge in [0.05, 0.1) is 0 Å². The SMILES string of the molecule is O=C(NCCC1=CCCCC1)c1cccc(F)n1. The quantitative estimate of drug-likeness (QED) is 0.657. The maximum atomic E-state index is 12.8. The van der Waals surface area contributed by atoms with Gasteiger partial charge in [0.15, 0.2) is 0 Å². The lowest BCUT2D eigenvalue weighted by molar-refractivity contribution is 0.0948. The number of hydrogen-bond donors (Lipinski definition) is 1. The van der Waals surface area contributed by atoms with Gasteiger partial charge in [-0.05, 0) is 44.2 Å². The zero-order valence-electron chi connectivity index (χ0n) is 10.3. The number of aromatic nitrogens is 1. The van der Waals surface area contributed by atoms with E-state index >= 15 is 0 Å². The Kier molecular flexibility index (Phi) is 4.45. The van der Waals surface area contributed by atoms with Gasteiger partial charge in [-0.3, -0.25) is 4.79 Å². The summed E-state index contributed by atoms with van der Waals surface area (Å²) in [7, 11) is 0. The third kappa shape index (κ3) is 3.65. The summed E-state index contributed by atoms with van der Waals surface area (Å²) >= 11 is 0. The molecule has 0 saturated carbocycles. The van der Waals surface area contributed by atoms with Crippen LogP contribution in [0.2, 0.25) is 0 Å². The van der Waals surface area contributed by atoms with Crippen LogP contribution in [0.1, 0.15) is 42.6 Å². The van der Waals surface area contributed by atoms with Crippen molar-refractivity contribution >= 4 is 5.91 Å². The van der Waals surface area contributed by atoms with Crippen molar-refractivity contribution in [3.63, 3.8) is 0 Å². The zero-order chi connectivity index (χ0) is 12.8. The van der Waals surface area contributed by atoms with Crippen molar-refractivity contribution in [2.75, 3.05) is 6.54 Å². The van der Waals surface area contributed by atoms with Crippen LogP contribution in [0.3, 0.4) is 0 Å². The standard InChI is InChI=1S/C14H17FN2O/c15-13-8-4-7-12(17-13)14(18)16-10-9-11-5-2-1-3-6-11/h4-5,7-8H,1-3,6,9-10H2,(H,16,18). The van der Waals surface area contributed by atoms with Crippen LogP contribution in [-0.2, 0) is 0 Å². The number of hydrogen-bond acceptors (Lipinski definition) is 2. The van der Waals surface area contributed by atoms with Crippen molar-refractivity contribution in [2.45, 2.75) is 32.1 Å². The molecule has 1 heterocycles. The molecule has 1 aromatic heterocycles. The molecule has 0 aromatic carbocycles. The molecule has 1 aliphatic carbocycles. The maximum Gasteiger partial charge on any atom is 0.270 e. The first kappa shape index (κ1) is 12.7. The van der Waals surface area contributed by atoms with E-state index in [1.165, 1.54) is 36.6 Å². The Morgan fingerprint density at radius 3 is 3.00 bits per heavy atom.